The fourth-order valence-corrected chi connectivity index (χ4v) is 2.36. The quantitative estimate of drug-likeness (QED) is 0.729. The highest BCUT2D eigenvalue weighted by atomic mass is 16.5. The van der Waals surface area contributed by atoms with Gasteiger partial charge in [0.05, 0.1) is 6.61 Å². The van der Waals surface area contributed by atoms with Crippen LogP contribution < -0.4 is 0 Å². The van der Waals surface area contributed by atoms with E-state index in [1.165, 1.54) is 5.57 Å². The third-order valence-electron chi connectivity index (χ3n) is 3.56. The van der Waals surface area contributed by atoms with Crippen LogP contribution in [0.4, 0.5) is 4.79 Å². The molecule has 0 spiro atoms. The number of hydrogen-bond donors (Lipinski definition) is 1. The highest BCUT2D eigenvalue weighted by Gasteiger charge is 2.24. The van der Waals surface area contributed by atoms with E-state index < -0.39 is 5.97 Å². The van der Waals surface area contributed by atoms with Gasteiger partial charge in [0.2, 0.25) is 0 Å². The van der Waals surface area contributed by atoms with Crippen LogP contribution in [-0.4, -0.2) is 66.3 Å². The SMILES string of the molecule is COCC1=CCN(C(=O)N(CCCC(=O)O)C(C)C)CC1. The summed E-state index contributed by atoms with van der Waals surface area (Å²) < 4.78 is 5.10. The van der Waals surface area contributed by atoms with Crippen molar-refractivity contribution in [2.45, 2.75) is 39.2 Å². The number of nitrogens with zero attached hydrogens (tertiary/aromatic N) is 2. The van der Waals surface area contributed by atoms with Gasteiger partial charge in [-0.25, -0.2) is 4.79 Å². The number of amides is 2. The van der Waals surface area contributed by atoms with Crippen LogP contribution in [0.15, 0.2) is 11.6 Å². The van der Waals surface area contributed by atoms with Gasteiger partial charge in [-0.2, -0.15) is 0 Å². The van der Waals surface area contributed by atoms with Crippen LogP contribution in [0.5, 0.6) is 0 Å². The normalized spacial score (nSPS) is 15.0. The average molecular weight is 298 g/mol. The number of aliphatic carboxylic acids is 1. The Kier molecular flexibility index (Phi) is 7.22. The summed E-state index contributed by atoms with van der Waals surface area (Å²) in [6, 6.07) is 0.0544. The predicted molar refractivity (Wildman–Crippen MR) is 80.3 cm³/mol. The largest absolute Gasteiger partial charge is 0.481 e. The van der Waals surface area contributed by atoms with E-state index in [2.05, 4.69) is 0 Å². The summed E-state index contributed by atoms with van der Waals surface area (Å²) in [5.74, 6) is -0.823. The fraction of sp³-hybridized carbons (Fsp3) is 0.733. The van der Waals surface area contributed by atoms with Crippen LogP contribution in [0.2, 0.25) is 0 Å². The van der Waals surface area contributed by atoms with Crippen LogP contribution in [0.1, 0.15) is 33.1 Å². The number of rotatable bonds is 7. The van der Waals surface area contributed by atoms with Crippen molar-refractivity contribution in [1.82, 2.24) is 9.80 Å². The molecule has 0 unspecified atom stereocenters. The van der Waals surface area contributed by atoms with E-state index in [-0.39, 0.29) is 18.5 Å². The van der Waals surface area contributed by atoms with Gasteiger partial charge < -0.3 is 19.6 Å². The summed E-state index contributed by atoms with van der Waals surface area (Å²) in [7, 11) is 1.67. The number of hydrogen-bond acceptors (Lipinski definition) is 3. The van der Waals surface area contributed by atoms with Crippen molar-refractivity contribution < 1.29 is 19.4 Å². The maximum atomic E-state index is 12.5. The Morgan fingerprint density at radius 1 is 1.48 bits per heavy atom. The number of methoxy groups -OCH3 is 1. The monoisotopic (exact) mass is 298 g/mol. The minimum Gasteiger partial charge on any atom is -0.481 e. The maximum absolute atomic E-state index is 12.5. The summed E-state index contributed by atoms with van der Waals surface area (Å²) in [5, 5.41) is 8.70. The molecule has 0 bridgehead atoms. The molecule has 120 valence electrons. The van der Waals surface area contributed by atoms with Gasteiger partial charge in [0.1, 0.15) is 0 Å². The minimum absolute atomic E-state index is 0.0110. The number of carbonyl (C=O) groups is 2. The lowest BCUT2D eigenvalue weighted by Gasteiger charge is -2.34. The van der Waals surface area contributed by atoms with E-state index in [4.69, 9.17) is 9.84 Å². The number of ether oxygens (including phenoxy) is 1. The van der Waals surface area contributed by atoms with Crippen molar-refractivity contribution in [2.75, 3.05) is 33.4 Å². The molecule has 0 saturated carbocycles. The van der Waals surface area contributed by atoms with Crippen molar-refractivity contribution in [3.63, 3.8) is 0 Å². The van der Waals surface area contributed by atoms with E-state index in [0.717, 1.165) is 6.42 Å². The Morgan fingerprint density at radius 2 is 2.19 bits per heavy atom. The van der Waals surface area contributed by atoms with Gasteiger partial charge in [-0.1, -0.05) is 6.08 Å². The van der Waals surface area contributed by atoms with Crippen molar-refractivity contribution in [3.8, 4) is 0 Å². The first-order valence-corrected chi connectivity index (χ1v) is 7.40. The summed E-state index contributed by atoms with van der Waals surface area (Å²) in [6.45, 7) is 6.29. The molecule has 1 heterocycles. The summed E-state index contributed by atoms with van der Waals surface area (Å²) in [5.41, 5.74) is 1.23. The Hall–Kier alpha value is -1.56. The second-order valence-corrected chi connectivity index (χ2v) is 5.56. The number of carbonyl (C=O) groups excluding carboxylic acids is 1. The lowest BCUT2D eigenvalue weighted by molar-refractivity contribution is -0.137. The van der Waals surface area contributed by atoms with Gasteiger partial charge in [0.25, 0.3) is 0 Å². The summed E-state index contributed by atoms with van der Waals surface area (Å²) in [4.78, 5) is 26.7. The van der Waals surface area contributed by atoms with Crippen molar-refractivity contribution in [2.24, 2.45) is 0 Å². The van der Waals surface area contributed by atoms with Crippen molar-refractivity contribution in [1.29, 1.82) is 0 Å². The molecule has 6 nitrogen and oxygen atoms in total. The first-order chi connectivity index (χ1) is 9.95. The lowest BCUT2D eigenvalue weighted by atomic mass is 10.1. The van der Waals surface area contributed by atoms with Gasteiger partial charge in [-0.3, -0.25) is 4.79 Å². The highest BCUT2D eigenvalue weighted by Crippen LogP contribution is 2.14. The Morgan fingerprint density at radius 3 is 2.67 bits per heavy atom. The Labute approximate surface area is 126 Å². The van der Waals surface area contributed by atoms with Crippen LogP contribution in [-0.2, 0) is 9.53 Å². The van der Waals surface area contributed by atoms with Crippen LogP contribution in [0.25, 0.3) is 0 Å². The molecular weight excluding hydrogens is 272 g/mol. The van der Waals surface area contributed by atoms with Gasteiger partial charge in [0, 0.05) is 39.2 Å². The molecule has 0 saturated heterocycles. The first-order valence-electron chi connectivity index (χ1n) is 7.40. The van der Waals surface area contributed by atoms with Crippen molar-refractivity contribution >= 4 is 12.0 Å². The fourth-order valence-electron chi connectivity index (χ4n) is 2.36. The number of carboxylic acid groups (broad SMARTS) is 1. The molecule has 0 aliphatic carbocycles. The van der Waals surface area contributed by atoms with E-state index in [0.29, 0.717) is 32.7 Å². The standard InChI is InChI=1S/C15H26N2O4/c1-12(2)17(8-4-5-14(18)19)15(20)16-9-6-13(7-10-16)11-21-3/h6,12H,4-5,7-11H2,1-3H3,(H,18,19). The Bertz CT molecular complexity index is 393. The zero-order valence-electron chi connectivity index (χ0n) is 13.2. The second-order valence-electron chi connectivity index (χ2n) is 5.56. The zero-order chi connectivity index (χ0) is 15.8. The maximum Gasteiger partial charge on any atom is 0.320 e. The third kappa shape index (κ3) is 5.75. The average Bonchev–Trinajstić information content (AvgIpc) is 2.43. The van der Waals surface area contributed by atoms with Gasteiger partial charge in [-0.15, -0.1) is 0 Å². The third-order valence-corrected chi connectivity index (χ3v) is 3.56. The summed E-state index contributed by atoms with van der Waals surface area (Å²) in [6.07, 6.45) is 3.45. The number of carboxylic acids is 1. The van der Waals surface area contributed by atoms with E-state index in [1.54, 1.807) is 16.9 Å². The molecule has 0 aromatic carbocycles. The molecule has 1 N–H and O–H groups in total. The molecule has 0 aromatic rings. The number of urea groups is 1. The van der Waals surface area contributed by atoms with E-state index >= 15 is 0 Å². The molecule has 0 fully saturated rings. The molecule has 6 heteroatoms. The first kappa shape index (κ1) is 17.5. The van der Waals surface area contributed by atoms with E-state index in [9.17, 15) is 9.59 Å². The van der Waals surface area contributed by atoms with Gasteiger partial charge in [-0.05, 0) is 32.3 Å². The molecule has 1 aliphatic rings. The van der Waals surface area contributed by atoms with Crippen LogP contribution in [0.3, 0.4) is 0 Å². The molecule has 0 radical (unpaired) electrons. The summed E-state index contributed by atoms with van der Waals surface area (Å²) >= 11 is 0. The van der Waals surface area contributed by atoms with Gasteiger partial charge >= 0.3 is 12.0 Å². The molecule has 0 atom stereocenters. The van der Waals surface area contributed by atoms with Crippen molar-refractivity contribution in [3.05, 3.63) is 11.6 Å². The predicted octanol–water partition coefficient (Wildman–Crippen LogP) is 1.96. The van der Waals surface area contributed by atoms with E-state index in [1.807, 2.05) is 19.9 Å². The molecule has 1 aliphatic heterocycles. The molecule has 1 rings (SSSR count). The topological polar surface area (TPSA) is 70.1 Å². The molecular formula is C15H26N2O4. The Balaban J connectivity index is 2.55. The van der Waals surface area contributed by atoms with Crippen LogP contribution >= 0.6 is 0 Å². The molecule has 2 amide bonds. The molecule has 21 heavy (non-hydrogen) atoms. The minimum atomic E-state index is -0.823. The van der Waals surface area contributed by atoms with Crippen LogP contribution in [0, 0.1) is 0 Å². The zero-order valence-corrected chi connectivity index (χ0v) is 13.2. The smallest absolute Gasteiger partial charge is 0.320 e. The highest BCUT2D eigenvalue weighted by molar-refractivity contribution is 5.75. The lowest BCUT2D eigenvalue weighted by Crippen LogP contribution is -2.48. The van der Waals surface area contributed by atoms with Gasteiger partial charge in [0.15, 0.2) is 0 Å². The molecule has 0 aromatic heterocycles. The second kappa shape index (κ2) is 8.67.